The van der Waals surface area contributed by atoms with Gasteiger partial charge in [-0.2, -0.15) is 0 Å². The van der Waals surface area contributed by atoms with E-state index in [9.17, 15) is 4.79 Å². The molecular formula is C16H14N4O2S. The number of aromatic nitrogens is 3. The molecule has 0 aliphatic rings. The van der Waals surface area contributed by atoms with E-state index in [1.807, 2.05) is 18.2 Å². The first-order valence-corrected chi connectivity index (χ1v) is 7.96. The van der Waals surface area contributed by atoms with Gasteiger partial charge in [0.1, 0.15) is 5.76 Å². The lowest BCUT2D eigenvalue weighted by Crippen LogP contribution is -2.22. The highest BCUT2D eigenvalue weighted by atomic mass is 32.2. The summed E-state index contributed by atoms with van der Waals surface area (Å²) in [5.74, 6) is 1.29. The Morgan fingerprint density at radius 2 is 1.87 bits per heavy atom. The van der Waals surface area contributed by atoms with Gasteiger partial charge in [-0.25, -0.2) is 9.97 Å². The first-order valence-electron chi connectivity index (χ1n) is 6.98. The van der Waals surface area contributed by atoms with Crippen LogP contribution in [0.25, 0.3) is 0 Å². The van der Waals surface area contributed by atoms with Crippen LogP contribution in [0.15, 0.2) is 64.6 Å². The highest BCUT2D eigenvalue weighted by molar-refractivity contribution is 7.98. The molecule has 0 saturated carbocycles. The van der Waals surface area contributed by atoms with Crippen molar-refractivity contribution in [1.29, 1.82) is 0 Å². The zero-order valence-electron chi connectivity index (χ0n) is 12.2. The molecule has 0 spiro atoms. The van der Waals surface area contributed by atoms with Crippen LogP contribution in [0.2, 0.25) is 0 Å². The lowest BCUT2D eigenvalue weighted by molar-refractivity contribution is 0.0921. The third-order valence-corrected chi connectivity index (χ3v) is 3.83. The van der Waals surface area contributed by atoms with E-state index >= 15 is 0 Å². The van der Waals surface area contributed by atoms with Crippen molar-refractivity contribution in [3.8, 4) is 0 Å². The quantitative estimate of drug-likeness (QED) is 0.554. The van der Waals surface area contributed by atoms with Gasteiger partial charge in [0.05, 0.1) is 18.0 Å². The second kappa shape index (κ2) is 7.55. The topological polar surface area (TPSA) is 80.9 Å². The zero-order chi connectivity index (χ0) is 15.9. The number of amides is 1. The van der Waals surface area contributed by atoms with Crippen LogP contribution in [0.4, 0.5) is 0 Å². The number of furan rings is 1. The molecule has 3 aromatic heterocycles. The predicted molar refractivity (Wildman–Crippen MR) is 85.7 cm³/mol. The number of thioether (sulfide) groups is 1. The van der Waals surface area contributed by atoms with Crippen LogP contribution in [-0.4, -0.2) is 20.9 Å². The Morgan fingerprint density at radius 3 is 2.65 bits per heavy atom. The maximum Gasteiger partial charge on any atom is 0.287 e. The van der Waals surface area contributed by atoms with Crippen LogP contribution in [0, 0.1) is 0 Å². The summed E-state index contributed by atoms with van der Waals surface area (Å²) in [5.41, 5.74) is 0.796. The summed E-state index contributed by atoms with van der Waals surface area (Å²) in [6, 6.07) is 10.8. The SMILES string of the molecule is O=C(NCc1ccccn1)c1ccc(CSc2ncccn2)o1. The van der Waals surface area contributed by atoms with Gasteiger partial charge in [0.2, 0.25) is 0 Å². The normalized spacial score (nSPS) is 10.4. The van der Waals surface area contributed by atoms with Crippen molar-refractivity contribution < 1.29 is 9.21 Å². The van der Waals surface area contributed by atoms with Gasteiger partial charge >= 0.3 is 0 Å². The van der Waals surface area contributed by atoms with Crippen LogP contribution < -0.4 is 5.32 Å². The highest BCUT2D eigenvalue weighted by Crippen LogP contribution is 2.20. The van der Waals surface area contributed by atoms with Gasteiger partial charge in [0, 0.05) is 18.6 Å². The number of nitrogens with zero attached hydrogens (tertiary/aromatic N) is 3. The van der Waals surface area contributed by atoms with E-state index in [0.29, 0.717) is 23.2 Å². The fourth-order valence-electron chi connectivity index (χ4n) is 1.83. The summed E-state index contributed by atoms with van der Waals surface area (Å²) in [7, 11) is 0. The Balaban J connectivity index is 1.53. The average molecular weight is 326 g/mol. The molecule has 1 N–H and O–H groups in total. The molecule has 3 aromatic rings. The minimum Gasteiger partial charge on any atom is -0.455 e. The van der Waals surface area contributed by atoms with Crippen molar-refractivity contribution in [2.75, 3.05) is 0 Å². The number of pyridine rings is 1. The number of rotatable bonds is 6. The van der Waals surface area contributed by atoms with E-state index in [0.717, 1.165) is 5.69 Å². The lowest BCUT2D eigenvalue weighted by Gasteiger charge is -2.02. The molecule has 7 heteroatoms. The Labute approximate surface area is 137 Å². The van der Waals surface area contributed by atoms with Crippen molar-refractivity contribution in [3.63, 3.8) is 0 Å². The summed E-state index contributed by atoms with van der Waals surface area (Å²) < 4.78 is 5.55. The zero-order valence-corrected chi connectivity index (χ0v) is 13.0. The third kappa shape index (κ3) is 4.40. The van der Waals surface area contributed by atoms with Gasteiger partial charge in [-0.1, -0.05) is 17.8 Å². The van der Waals surface area contributed by atoms with Gasteiger partial charge < -0.3 is 9.73 Å². The second-order valence-electron chi connectivity index (χ2n) is 4.59. The Hall–Kier alpha value is -2.67. The molecule has 0 aliphatic heterocycles. The van der Waals surface area contributed by atoms with Crippen LogP contribution in [-0.2, 0) is 12.3 Å². The maximum atomic E-state index is 12.0. The molecule has 0 bridgehead atoms. The molecule has 0 unspecified atom stereocenters. The summed E-state index contributed by atoms with van der Waals surface area (Å²) in [4.78, 5) is 24.4. The fourth-order valence-corrected chi connectivity index (χ4v) is 2.53. The first-order chi connectivity index (χ1) is 11.3. The molecule has 1 amide bonds. The molecule has 116 valence electrons. The molecule has 3 heterocycles. The molecule has 0 saturated heterocycles. The van der Waals surface area contributed by atoms with Gasteiger partial charge in [0.15, 0.2) is 10.9 Å². The summed E-state index contributed by atoms with van der Waals surface area (Å²) in [6.45, 7) is 0.363. The van der Waals surface area contributed by atoms with Crippen molar-refractivity contribution in [1.82, 2.24) is 20.3 Å². The molecular weight excluding hydrogens is 312 g/mol. The lowest BCUT2D eigenvalue weighted by atomic mass is 10.3. The van der Waals surface area contributed by atoms with E-state index in [2.05, 4.69) is 20.3 Å². The summed E-state index contributed by atoms with van der Waals surface area (Å²) in [6.07, 6.45) is 5.07. The molecule has 23 heavy (non-hydrogen) atoms. The number of hydrogen-bond donors (Lipinski definition) is 1. The monoisotopic (exact) mass is 326 g/mol. The van der Waals surface area contributed by atoms with Crippen molar-refractivity contribution in [2.24, 2.45) is 0 Å². The average Bonchev–Trinajstić information content (AvgIpc) is 3.09. The first kappa shape index (κ1) is 15.2. The second-order valence-corrected chi connectivity index (χ2v) is 5.53. The Bertz CT molecular complexity index is 762. The van der Waals surface area contributed by atoms with Crippen molar-refractivity contribution in [2.45, 2.75) is 17.5 Å². The van der Waals surface area contributed by atoms with Gasteiger partial charge in [-0.3, -0.25) is 9.78 Å². The van der Waals surface area contributed by atoms with Crippen molar-refractivity contribution >= 4 is 17.7 Å². The number of hydrogen-bond acceptors (Lipinski definition) is 6. The van der Waals surface area contributed by atoms with Crippen LogP contribution in [0.3, 0.4) is 0 Å². The fraction of sp³-hybridized carbons (Fsp3) is 0.125. The van der Waals surface area contributed by atoms with Crippen LogP contribution in [0.5, 0.6) is 0 Å². The molecule has 6 nitrogen and oxygen atoms in total. The van der Waals surface area contributed by atoms with Crippen molar-refractivity contribution in [3.05, 3.63) is 72.2 Å². The Morgan fingerprint density at radius 1 is 1.04 bits per heavy atom. The number of carbonyl (C=O) groups is 1. The number of carbonyl (C=O) groups excluding carboxylic acids is 1. The highest BCUT2D eigenvalue weighted by Gasteiger charge is 2.11. The van der Waals surface area contributed by atoms with E-state index in [1.165, 1.54) is 11.8 Å². The predicted octanol–water partition coefficient (Wildman–Crippen LogP) is 2.69. The largest absolute Gasteiger partial charge is 0.455 e. The third-order valence-electron chi connectivity index (χ3n) is 2.93. The minimum atomic E-state index is -0.261. The Kier molecular flexibility index (Phi) is 5.00. The van der Waals surface area contributed by atoms with Gasteiger partial charge in [0.25, 0.3) is 5.91 Å². The minimum absolute atomic E-state index is 0.261. The van der Waals surface area contributed by atoms with E-state index < -0.39 is 0 Å². The molecule has 0 radical (unpaired) electrons. The van der Waals surface area contributed by atoms with Gasteiger partial charge in [-0.05, 0) is 30.3 Å². The molecule has 0 fully saturated rings. The molecule has 0 aliphatic carbocycles. The van der Waals surface area contributed by atoms with Crippen LogP contribution in [0.1, 0.15) is 22.0 Å². The standard InChI is InChI=1S/C16H14N4O2S/c21-15(20-10-12-4-1-2-7-17-12)14-6-5-13(22-14)11-23-16-18-8-3-9-19-16/h1-9H,10-11H2,(H,20,21). The summed E-state index contributed by atoms with van der Waals surface area (Å²) >= 11 is 1.45. The number of nitrogens with one attached hydrogen (secondary N) is 1. The molecule has 0 atom stereocenters. The summed E-state index contributed by atoms with van der Waals surface area (Å²) in [5, 5.41) is 3.45. The van der Waals surface area contributed by atoms with Crippen LogP contribution >= 0.6 is 11.8 Å². The van der Waals surface area contributed by atoms with E-state index in [1.54, 1.807) is 36.8 Å². The van der Waals surface area contributed by atoms with Gasteiger partial charge in [-0.15, -0.1) is 0 Å². The molecule has 3 rings (SSSR count). The van der Waals surface area contributed by atoms with E-state index in [4.69, 9.17) is 4.42 Å². The van der Waals surface area contributed by atoms with E-state index in [-0.39, 0.29) is 11.7 Å². The smallest absolute Gasteiger partial charge is 0.287 e. The molecule has 0 aromatic carbocycles. The maximum absolute atomic E-state index is 12.0.